The first-order valence-electron chi connectivity index (χ1n) is 4.32. The van der Waals surface area contributed by atoms with E-state index in [4.69, 9.17) is 16.6 Å². The SMILES string of the molecule is Cc1cc(I)cc(Br)c1NC(=N)NC(=N)N. The van der Waals surface area contributed by atoms with Crippen LogP contribution in [0.15, 0.2) is 16.6 Å². The van der Waals surface area contributed by atoms with E-state index in [-0.39, 0.29) is 11.9 Å². The van der Waals surface area contributed by atoms with Gasteiger partial charge in [-0.3, -0.25) is 16.1 Å². The second-order valence-corrected chi connectivity index (χ2v) is 5.22. The number of benzene rings is 1. The maximum absolute atomic E-state index is 7.54. The topological polar surface area (TPSA) is 97.8 Å². The summed E-state index contributed by atoms with van der Waals surface area (Å²) in [6, 6.07) is 3.94. The van der Waals surface area contributed by atoms with E-state index in [9.17, 15) is 0 Å². The molecule has 1 aromatic carbocycles. The minimum atomic E-state index is -0.267. The molecule has 0 aliphatic carbocycles. The number of rotatable bonds is 1. The molecule has 86 valence electrons. The number of nitrogens with one attached hydrogen (secondary N) is 4. The van der Waals surface area contributed by atoms with Gasteiger partial charge in [-0.15, -0.1) is 0 Å². The van der Waals surface area contributed by atoms with Crippen LogP contribution in [0.5, 0.6) is 0 Å². The third-order valence-corrected chi connectivity index (χ3v) is 3.01. The van der Waals surface area contributed by atoms with Gasteiger partial charge < -0.3 is 11.1 Å². The Hall–Kier alpha value is -0.830. The molecule has 5 nitrogen and oxygen atoms in total. The highest BCUT2D eigenvalue weighted by Gasteiger charge is 2.07. The molecule has 1 aromatic rings. The number of hydrogen-bond acceptors (Lipinski definition) is 2. The number of nitrogens with two attached hydrogens (primary N) is 1. The van der Waals surface area contributed by atoms with Crippen LogP contribution in [0, 0.1) is 21.3 Å². The van der Waals surface area contributed by atoms with Crippen molar-refractivity contribution in [3.05, 3.63) is 25.7 Å². The number of guanidine groups is 2. The average molecular weight is 396 g/mol. The van der Waals surface area contributed by atoms with Crippen molar-refractivity contribution in [3.8, 4) is 0 Å². The van der Waals surface area contributed by atoms with Crippen LogP contribution in [-0.2, 0) is 0 Å². The van der Waals surface area contributed by atoms with Crippen molar-refractivity contribution in [2.75, 3.05) is 5.32 Å². The molecule has 0 bridgehead atoms. The summed E-state index contributed by atoms with van der Waals surface area (Å²) in [6.45, 7) is 1.94. The van der Waals surface area contributed by atoms with E-state index in [1.165, 1.54) is 0 Å². The van der Waals surface area contributed by atoms with Gasteiger partial charge >= 0.3 is 0 Å². The summed E-state index contributed by atoms with van der Waals surface area (Å²) in [6.07, 6.45) is 0. The van der Waals surface area contributed by atoms with Crippen LogP contribution in [0.4, 0.5) is 5.69 Å². The third-order valence-electron chi connectivity index (χ3n) is 1.76. The van der Waals surface area contributed by atoms with E-state index >= 15 is 0 Å². The Labute approximate surface area is 115 Å². The lowest BCUT2D eigenvalue weighted by atomic mass is 10.2. The molecule has 6 N–H and O–H groups in total. The zero-order valence-electron chi connectivity index (χ0n) is 8.49. The molecule has 0 atom stereocenters. The molecule has 0 aliphatic heterocycles. The van der Waals surface area contributed by atoms with Crippen molar-refractivity contribution in [1.82, 2.24) is 5.32 Å². The van der Waals surface area contributed by atoms with Gasteiger partial charge in [0.05, 0.1) is 5.69 Å². The Balaban J connectivity index is 2.89. The van der Waals surface area contributed by atoms with Gasteiger partial charge in [0.1, 0.15) is 0 Å². The smallest absolute Gasteiger partial charge is 0.199 e. The normalized spacial score (nSPS) is 9.69. The minimum Gasteiger partial charge on any atom is -0.370 e. The fourth-order valence-corrected chi connectivity index (χ4v) is 3.02. The lowest BCUT2D eigenvalue weighted by Crippen LogP contribution is -2.39. The molecule has 16 heavy (non-hydrogen) atoms. The van der Waals surface area contributed by atoms with E-state index in [0.717, 1.165) is 19.3 Å². The first-order chi connectivity index (χ1) is 7.40. The summed E-state index contributed by atoms with van der Waals surface area (Å²) < 4.78 is 1.98. The van der Waals surface area contributed by atoms with Crippen LogP contribution in [0.1, 0.15) is 5.56 Å². The summed E-state index contributed by atoms with van der Waals surface area (Å²) in [5.74, 6) is -0.297. The molecule has 0 fully saturated rings. The molecule has 0 aliphatic rings. The van der Waals surface area contributed by atoms with Crippen molar-refractivity contribution < 1.29 is 0 Å². The largest absolute Gasteiger partial charge is 0.370 e. The lowest BCUT2D eigenvalue weighted by molar-refractivity contribution is 1.20. The first kappa shape index (κ1) is 13.2. The number of aryl methyl sites for hydroxylation is 1. The summed E-state index contributed by atoms with van der Waals surface area (Å²) in [5, 5.41) is 19.8. The summed E-state index contributed by atoms with van der Waals surface area (Å²) >= 11 is 5.64. The molecule has 0 aromatic heterocycles. The van der Waals surface area contributed by atoms with E-state index in [1.54, 1.807) is 0 Å². The monoisotopic (exact) mass is 395 g/mol. The predicted octanol–water partition coefficient (Wildman–Crippen LogP) is 2.19. The fourth-order valence-electron chi connectivity index (χ4n) is 1.15. The van der Waals surface area contributed by atoms with E-state index < -0.39 is 0 Å². The van der Waals surface area contributed by atoms with Crippen LogP contribution < -0.4 is 16.4 Å². The highest BCUT2D eigenvalue weighted by atomic mass is 127. The molecule has 0 radical (unpaired) electrons. The first-order valence-corrected chi connectivity index (χ1v) is 6.19. The molecule has 0 saturated carbocycles. The standard InChI is InChI=1S/C9H11BrIN5/c1-4-2-5(11)3-6(10)7(4)15-9(14)16-8(12)13/h2-3H,1H3,(H6,12,13,14,15,16). The number of hydrogen-bond donors (Lipinski definition) is 5. The van der Waals surface area contributed by atoms with Crippen LogP contribution in [0.2, 0.25) is 0 Å². The van der Waals surface area contributed by atoms with Crippen LogP contribution in [-0.4, -0.2) is 11.9 Å². The second-order valence-electron chi connectivity index (χ2n) is 3.12. The van der Waals surface area contributed by atoms with E-state index in [0.29, 0.717) is 0 Å². The van der Waals surface area contributed by atoms with Gasteiger partial charge in [-0.1, -0.05) is 0 Å². The molecule has 7 heteroatoms. The molecule has 0 unspecified atom stereocenters. The Morgan fingerprint density at radius 3 is 2.56 bits per heavy atom. The minimum absolute atomic E-state index is 0.0301. The number of anilines is 1. The van der Waals surface area contributed by atoms with Gasteiger partial charge in [-0.2, -0.15) is 0 Å². The highest BCUT2D eigenvalue weighted by molar-refractivity contribution is 14.1. The quantitative estimate of drug-likeness (QED) is 0.286. The molecular weight excluding hydrogens is 385 g/mol. The zero-order valence-corrected chi connectivity index (χ0v) is 12.2. The van der Waals surface area contributed by atoms with Crippen LogP contribution in [0.3, 0.4) is 0 Å². The van der Waals surface area contributed by atoms with Crippen LogP contribution >= 0.6 is 38.5 Å². The van der Waals surface area contributed by atoms with Gasteiger partial charge in [0.25, 0.3) is 0 Å². The lowest BCUT2D eigenvalue weighted by Gasteiger charge is -2.13. The summed E-state index contributed by atoms with van der Waals surface area (Å²) in [5.41, 5.74) is 6.92. The van der Waals surface area contributed by atoms with Gasteiger partial charge in [-0.05, 0) is 63.1 Å². The maximum atomic E-state index is 7.54. The summed E-state index contributed by atoms with van der Waals surface area (Å²) in [7, 11) is 0. The molecule has 0 amide bonds. The molecule has 0 heterocycles. The Kier molecular flexibility index (Phi) is 4.54. The Morgan fingerprint density at radius 1 is 1.44 bits per heavy atom. The highest BCUT2D eigenvalue weighted by Crippen LogP contribution is 2.28. The van der Waals surface area contributed by atoms with Gasteiger partial charge in [0.15, 0.2) is 11.9 Å². The zero-order chi connectivity index (χ0) is 12.3. The Morgan fingerprint density at radius 2 is 2.06 bits per heavy atom. The van der Waals surface area contributed by atoms with Crippen molar-refractivity contribution in [1.29, 1.82) is 10.8 Å². The van der Waals surface area contributed by atoms with E-state index in [1.807, 2.05) is 19.1 Å². The third kappa shape index (κ3) is 3.63. The predicted molar refractivity (Wildman–Crippen MR) is 78.0 cm³/mol. The fraction of sp³-hybridized carbons (Fsp3) is 0.111. The van der Waals surface area contributed by atoms with E-state index in [2.05, 4.69) is 49.2 Å². The van der Waals surface area contributed by atoms with Crippen molar-refractivity contribution in [2.45, 2.75) is 6.92 Å². The molecule has 0 saturated heterocycles. The van der Waals surface area contributed by atoms with Crippen LogP contribution in [0.25, 0.3) is 0 Å². The number of halogens is 2. The maximum Gasteiger partial charge on any atom is 0.199 e. The van der Waals surface area contributed by atoms with Gasteiger partial charge in [-0.25, -0.2) is 0 Å². The van der Waals surface area contributed by atoms with Crippen molar-refractivity contribution >= 4 is 56.1 Å². The molecule has 1 rings (SSSR count). The molecular formula is C9H11BrIN5. The van der Waals surface area contributed by atoms with Crippen molar-refractivity contribution in [3.63, 3.8) is 0 Å². The Bertz CT molecular complexity index is 423. The average Bonchev–Trinajstić information content (AvgIpc) is 2.09. The van der Waals surface area contributed by atoms with Gasteiger partial charge in [0.2, 0.25) is 0 Å². The van der Waals surface area contributed by atoms with Gasteiger partial charge in [0, 0.05) is 8.04 Å². The summed E-state index contributed by atoms with van der Waals surface area (Å²) in [4.78, 5) is 0. The van der Waals surface area contributed by atoms with Crippen molar-refractivity contribution in [2.24, 2.45) is 5.73 Å². The second kappa shape index (κ2) is 5.48. The molecule has 0 spiro atoms.